The van der Waals surface area contributed by atoms with Crippen LogP contribution in [0.1, 0.15) is 38.9 Å². The minimum Gasteiger partial charge on any atom is -0.487 e. The van der Waals surface area contributed by atoms with E-state index >= 15 is 0 Å². The lowest BCUT2D eigenvalue weighted by atomic mass is 9.50. The minimum atomic E-state index is -0.197. The summed E-state index contributed by atoms with van der Waals surface area (Å²) in [5, 5.41) is 10.1. The van der Waals surface area contributed by atoms with Gasteiger partial charge in [0.1, 0.15) is 11.4 Å². The van der Waals surface area contributed by atoms with Gasteiger partial charge in [0, 0.05) is 16.9 Å². The number of hydrogen-bond donors (Lipinski definition) is 1. The van der Waals surface area contributed by atoms with Crippen LogP contribution in [0.2, 0.25) is 0 Å². The summed E-state index contributed by atoms with van der Waals surface area (Å²) in [6.07, 6.45) is 1.08. The number of aliphatic hydroxyl groups is 1. The minimum absolute atomic E-state index is 0.0992. The Hall–Kier alpha value is -1.06. The van der Waals surface area contributed by atoms with Gasteiger partial charge in [0.05, 0.1) is 19.3 Å². The zero-order valence-corrected chi connectivity index (χ0v) is 13.0. The van der Waals surface area contributed by atoms with E-state index in [0.717, 1.165) is 12.2 Å². The molecular formula is C18H24O3. The third-order valence-corrected chi connectivity index (χ3v) is 6.56. The average Bonchev–Trinajstić information content (AvgIpc) is 2.46. The third-order valence-electron chi connectivity index (χ3n) is 6.56. The second-order valence-corrected chi connectivity index (χ2v) is 7.50. The predicted octanol–water partition coefficient (Wildman–Crippen LogP) is 3.18. The first kappa shape index (κ1) is 13.6. The maximum Gasteiger partial charge on any atom is 0.125 e. The molecule has 2 fully saturated rings. The van der Waals surface area contributed by atoms with Gasteiger partial charge in [-0.3, -0.25) is 0 Å². The summed E-state index contributed by atoms with van der Waals surface area (Å²) in [5.74, 6) is 2.07. The zero-order valence-electron chi connectivity index (χ0n) is 13.0. The van der Waals surface area contributed by atoms with Gasteiger partial charge in [0.2, 0.25) is 0 Å². The van der Waals surface area contributed by atoms with Crippen molar-refractivity contribution in [3.05, 3.63) is 29.8 Å². The van der Waals surface area contributed by atoms with Gasteiger partial charge in [-0.1, -0.05) is 32.0 Å². The molecule has 2 bridgehead atoms. The van der Waals surface area contributed by atoms with Gasteiger partial charge >= 0.3 is 0 Å². The van der Waals surface area contributed by atoms with E-state index in [4.69, 9.17) is 9.47 Å². The van der Waals surface area contributed by atoms with Crippen LogP contribution in [0.15, 0.2) is 24.3 Å². The molecule has 0 aromatic heterocycles. The van der Waals surface area contributed by atoms with Crippen LogP contribution in [-0.2, 0) is 4.74 Å². The number of ether oxygens (including phenoxy) is 2. The van der Waals surface area contributed by atoms with Crippen LogP contribution in [0, 0.1) is 23.2 Å². The predicted molar refractivity (Wildman–Crippen MR) is 80.1 cm³/mol. The molecule has 6 atom stereocenters. The maximum atomic E-state index is 10.1. The fourth-order valence-electron chi connectivity index (χ4n) is 5.29. The highest BCUT2D eigenvalue weighted by Crippen LogP contribution is 2.63. The van der Waals surface area contributed by atoms with E-state index in [1.807, 2.05) is 6.07 Å². The number of para-hydroxylation sites is 1. The SMILES string of the molecule is C[C@H]1C[C@]2(C)Oc3ccccc3[C@@H]3OC[C@@]1(CO)[C@@H](C)[C@@H]32. The molecule has 1 N–H and O–H groups in total. The molecule has 1 aromatic carbocycles. The molecule has 1 aromatic rings. The van der Waals surface area contributed by atoms with E-state index in [0.29, 0.717) is 24.4 Å². The topological polar surface area (TPSA) is 38.7 Å². The fraction of sp³-hybridized carbons (Fsp3) is 0.667. The number of benzene rings is 1. The van der Waals surface area contributed by atoms with E-state index in [-0.39, 0.29) is 23.7 Å². The van der Waals surface area contributed by atoms with E-state index in [9.17, 15) is 5.11 Å². The molecule has 0 spiro atoms. The molecule has 0 unspecified atom stereocenters. The van der Waals surface area contributed by atoms with Gasteiger partial charge in [-0.2, -0.15) is 0 Å². The van der Waals surface area contributed by atoms with Gasteiger partial charge < -0.3 is 14.6 Å². The van der Waals surface area contributed by atoms with Crippen LogP contribution in [0.25, 0.3) is 0 Å². The van der Waals surface area contributed by atoms with E-state index in [1.54, 1.807) is 0 Å². The van der Waals surface area contributed by atoms with Crippen molar-refractivity contribution in [3.63, 3.8) is 0 Å². The summed E-state index contributed by atoms with van der Waals surface area (Å²) >= 11 is 0. The monoisotopic (exact) mass is 288 g/mol. The van der Waals surface area contributed by atoms with Crippen molar-refractivity contribution < 1.29 is 14.6 Å². The highest BCUT2D eigenvalue weighted by Gasteiger charge is 2.64. The molecule has 3 aliphatic rings. The smallest absolute Gasteiger partial charge is 0.125 e. The Morgan fingerprint density at radius 3 is 2.81 bits per heavy atom. The number of fused-ring (bicyclic) bond motifs is 3. The van der Waals surface area contributed by atoms with E-state index in [1.165, 1.54) is 5.56 Å². The van der Waals surface area contributed by atoms with Crippen molar-refractivity contribution in [2.24, 2.45) is 23.2 Å². The number of hydrogen-bond acceptors (Lipinski definition) is 3. The number of rotatable bonds is 1. The maximum absolute atomic E-state index is 10.1. The Balaban J connectivity index is 1.87. The molecular weight excluding hydrogens is 264 g/mol. The summed E-state index contributed by atoms with van der Waals surface area (Å²) in [4.78, 5) is 0. The highest BCUT2D eigenvalue weighted by molar-refractivity contribution is 5.40. The van der Waals surface area contributed by atoms with E-state index < -0.39 is 0 Å². The molecule has 0 amide bonds. The summed E-state index contributed by atoms with van der Waals surface area (Å²) in [5.41, 5.74) is 0.862. The summed E-state index contributed by atoms with van der Waals surface area (Å²) in [6.45, 7) is 7.60. The molecule has 2 heterocycles. The lowest BCUT2D eigenvalue weighted by molar-refractivity contribution is -0.260. The van der Waals surface area contributed by atoms with Crippen LogP contribution in [0.4, 0.5) is 0 Å². The lowest BCUT2D eigenvalue weighted by Gasteiger charge is -2.63. The molecule has 4 rings (SSSR count). The van der Waals surface area contributed by atoms with Crippen molar-refractivity contribution in [2.45, 2.75) is 38.9 Å². The van der Waals surface area contributed by atoms with Crippen LogP contribution < -0.4 is 4.74 Å². The van der Waals surface area contributed by atoms with Crippen molar-refractivity contribution in [3.8, 4) is 5.75 Å². The molecule has 0 radical (unpaired) electrons. The van der Waals surface area contributed by atoms with Gasteiger partial charge in [-0.15, -0.1) is 0 Å². The largest absolute Gasteiger partial charge is 0.487 e. The second kappa shape index (κ2) is 4.23. The zero-order chi connectivity index (χ0) is 14.8. The first-order valence-corrected chi connectivity index (χ1v) is 8.02. The molecule has 114 valence electrons. The van der Waals surface area contributed by atoms with Crippen molar-refractivity contribution >= 4 is 0 Å². The summed E-state index contributed by atoms with van der Waals surface area (Å²) < 4.78 is 12.7. The quantitative estimate of drug-likeness (QED) is 0.862. The normalized spacial score (nSPS) is 47.4. The molecule has 3 heteroatoms. The standard InChI is InChI=1S/C18H24O3/c1-11-8-17(3)15-12(2)18(11,9-19)10-20-16(15)13-6-4-5-7-14(13)21-17/h4-7,11-12,15-16,19H,8-10H2,1-3H3/t11-,12-,15-,16-,17-,18+/m0/s1. The Kier molecular flexibility index (Phi) is 2.74. The Bertz CT molecular complexity index is 571. The van der Waals surface area contributed by atoms with Crippen molar-refractivity contribution in [2.75, 3.05) is 13.2 Å². The molecule has 1 aliphatic carbocycles. The highest BCUT2D eigenvalue weighted by atomic mass is 16.5. The van der Waals surface area contributed by atoms with Crippen LogP contribution >= 0.6 is 0 Å². The summed E-state index contributed by atoms with van der Waals surface area (Å²) in [6, 6.07) is 8.26. The molecule has 1 saturated carbocycles. The van der Waals surface area contributed by atoms with Crippen molar-refractivity contribution in [1.29, 1.82) is 0 Å². The third kappa shape index (κ3) is 1.56. The number of aliphatic hydroxyl groups excluding tert-OH is 1. The fourth-order valence-corrected chi connectivity index (χ4v) is 5.29. The molecule has 21 heavy (non-hydrogen) atoms. The molecule has 3 nitrogen and oxygen atoms in total. The lowest BCUT2D eigenvalue weighted by Crippen LogP contribution is -2.65. The molecule has 1 saturated heterocycles. The Labute approximate surface area is 126 Å². The first-order chi connectivity index (χ1) is 10.0. The Morgan fingerprint density at radius 2 is 2.05 bits per heavy atom. The summed E-state index contributed by atoms with van der Waals surface area (Å²) in [7, 11) is 0. The Morgan fingerprint density at radius 1 is 1.29 bits per heavy atom. The average molecular weight is 288 g/mol. The van der Waals surface area contributed by atoms with E-state index in [2.05, 4.69) is 39.0 Å². The van der Waals surface area contributed by atoms with Crippen LogP contribution in [-0.4, -0.2) is 23.9 Å². The van der Waals surface area contributed by atoms with Gasteiger partial charge in [-0.05, 0) is 31.2 Å². The molecule has 2 aliphatic heterocycles. The van der Waals surface area contributed by atoms with Gasteiger partial charge in [0.15, 0.2) is 0 Å². The van der Waals surface area contributed by atoms with Crippen molar-refractivity contribution in [1.82, 2.24) is 0 Å². The van der Waals surface area contributed by atoms with Crippen LogP contribution in [0.3, 0.4) is 0 Å². The van der Waals surface area contributed by atoms with Gasteiger partial charge in [0.25, 0.3) is 0 Å². The van der Waals surface area contributed by atoms with Gasteiger partial charge in [-0.25, -0.2) is 0 Å². The van der Waals surface area contributed by atoms with Crippen LogP contribution in [0.5, 0.6) is 5.75 Å². The second-order valence-electron chi connectivity index (χ2n) is 7.50. The first-order valence-electron chi connectivity index (χ1n) is 8.02.